The molecule has 6 nitrogen and oxygen atoms in total. The molecule has 0 spiro atoms. The van der Waals surface area contributed by atoms with Crippen LogP contribution >= 0.6 is 0 Å². The number of nitrogens with one attached hydrogen (secondary N) is 1. The maximum Gasteiger partial charge on any atom is 0.220 e. The number of carbonyl (C=O) groups excluding carboxylic acids is 2. The van der Waals surface area contributed by atoms with E-state index in [1.54, 1.807) is 0 Å². The number of Topliss-reactive ketones (excluding diaryl/α,β-unsaturated/α-hetero) is 1. The number of ether oxygens (including phenoxy) is 2. The van der Waals surface area contributed by atoms with Crippen LogP contribution in [0.1, 0.15) is 54.4 Å². The monoisotopic (exact) mass is 462 g/mol. The van der Waals surface area contributed by atoms with E-state index < -0.39 is 0 Å². The van der Waals surface area contributed by atoms with Gasteiger partial charge in [0.1, 0.15) is 13.2 Å². The van der Waals surface area contributed by atoms with Gasteiger partial charge in [0, 0.05) is 36.4 Å². The first-order valence-corrected chi connectivity index (χ1v) is 12.6. The van der Waals surface area contributed by atoms with Crippen LogP contribution < -0.4 is 14.8 Å². The summed E-state index contributed by atoms with van der Waals surface area (Å²) in [7, 11) is 0. The largest absolute Gasteiger partial charge is 0.486 e. The molecule has 2 unspecified atom stereocenters. The molecule has 0 aromatic heterocycles. The molecule has 0 radical (unpaired) electrons. The van der Waals surface area contributed by atoms with Crippen molar-refractivity contribution in [2.24, 2.45) is 5.41 Å². The van der Waals surface area contributed by atoms with E-state index in [1.807, 2.05) is 36.4 Å². The predicted octanol–water partition coefficient (Wildman–Crippen LogP) is 4.02. The number of rotatable bonds is 10. The lowest BCUT2D eigenvalue weighted by Crippen LogP contribution is -2.37. The van der Waals surface area contributed by atoms with Crippen LogP contribution in [-0.2, 0) is 11.2 Å². The van der Waals surface area contributed by atoms with Crippen molar-refractivity contribution in [3.8, 4) is 11.5 Å². The summed E-state index contributed by atoms with van der Waals surface area (Å²) in [5.74, 6) is 1.79. The summed E-state index contributed by atoms with van der Waals surface area (Å²) < 4.78 is 11.5. The molecule has 5 rings (SSSR count). The molecule has 1 amide bonds. The second kappa shape index (κ2) is 10.2. The molecular formula is C28H34N2O4. The summed E-state index contributed by atoms with van der Waals surface area (Å²) in [6.45, 7) is 4.48. The highest BCUT2D eigenvalue weighted by Crippen LogP contribution is 2.50. The smallest absolute Gasteiger partial charge is 0.220 e. The van der Waals surface area contributed by atoms with Crippen LogP contribution in [0.5, 0.6) is 11.5 Å². The van der Waals surface area contributed by atoms with Crippen molar-refractivity contribution in [2.75, 3.05) is 32.8 Å². The molecule has 2 aromatic rings. The second-order valence-electron chi connectivity index (χ2n) is 9.97. The Morgan fingerprint density at radius 1 is 0.971 bits per heavy atom. The van der Waals surface area contributed by atoms with Crippen molar-refractivity contribution in [2.45, 2.75) is 51.0 Å². The molecule has 2 aliphatic heterocycles. The Kier molecular flexibility index (Phi) is 6.86. The van der Waals surface area contributed by atoms with Crippen molar-refractivity contribution in [1.29, 1.82) is 0 Å². The second-order valence-corrected chi connectivity index (χ2v) is 9.97. The zero-order valence-corrected chi connectivity index (χ0v) is 19.8. The molecule has 1 aliphatic carbocycles. The van der Waals surface area contributed by atoms with Gasteiger partial charge < -0.3 is 19.7 Å². The van der Waals surface area contributed by atoms with Gasteiger partial charge in [0.05, 0.1) is 0 Å². The Morgan fingerprint density at radius 3 is 2.53 bits per heavy atom. The van der Waals surface area contributed by atoms with E-state index in [9.17, 15) is 9.59 Å². The van der Waals surface area contributed by atoms with Gasteiger partial charge in [-0.3, -0.25) is 9.59 Å². The number of nitrogens with zero attached hydrogens (tertiary/aromatic N) is 1. The Labute approximate surface area is 201 Å². The standard InChI is InChI=1S/C28H34N2O4/c31-23(22-7-2-1-3-8-22)9-6-10-27(32)29-26-19-28(26,20-30-13-4-5-14-30)18-21-11-12-24-25(17-21)34-16-15-33-24/h1-3,7-8,11-12,17,26H,4-6,9-10,13-16,18-20H2,(H,29,32). The molecular weight excluding hydrogens is 428 g/mol. The van der Waals surface area contributed by atoms with Gasteiger partial charge >= 0.3 is 0 Å². The lowest BCUT2D eigenvalue weighted by atomic mass is 9.94. The van der Waals surface area contributed by atoms with Gasteiger partial charge in [-0.15, -0.1) is 0 Å². The van der Waals surface area contributed by atoms with Crippen LogP contribution in [0, 0.1) is 5.41 Å². The summed E-state index contributed by atoms with van der Waals surface area (Å²) in [6.07, 6.45) is 5.79. The van der Waals surface area contributed by atoms with Gasteiger partial charge in [0.15, 0.2) is 17.3 Å². The average molecular weight is 463 g/mol. The summed E-state index contributed by atoms with van der Waals surface area (Å²) >= 11 is 0. The molecule has 2 heterocycles. The van der Waals surface area contributed by atoms with Crippen molar-refractivity contribution in [3.63, 3.8) is 0 Å². The number of hydrogen-bond acceptors (Lipinski definition) is 5. The Bertz CT molecular complexity index is 1020. The van der Waals surface area contributed by atoms with Crippen molar-refractivity contribution in [1.82, 2.24) is 10.2 Å². The normalized spacial score (nSPS) is 23.5. The van der Waals surface area contributed by atoms with E-state index in [-0.39, 0.29) is 23.1 Å². The third-order valence-electron chi connectivity index (χ3n) is 7.33. The fraction of sp³-hybridized carbons (Fsp3) is 0.500. The maximum atomic E-state index is 12.7. The van der Waals surface area contributed by atoms with Crippen LogP contribution in [0.2, 0.25) is 0 Å². The minimum absolute atomic E-state index is 0.0522. The third kappa shape index (κ3) is 5.44. The van der Waals surface area contributed by atoms with Crippen LogP contribution in [0.4, 0.5) is 0 Å². The molecule has 6 heteroatoms. The summed E-state index contributed by atoms with van der Waals surface area (Å²) in [4.78, 5) is 27.6. The zero-order valence-electron chi connectivity index (χ0n) is 19.8. The molecule has 2 atom stereocenters. The van der Waals surface area contributed by atoms with Gasteiger partial charge in [-0.05, 0) is 62.9 Å². The van der Waals surface area contributed by atoms with Crippen molar-refractivity contribution < 1.29 is 19.1 Å². The molecule has 1 saturated heterocycles. The van der Waals surface area contributed by atoms with Crippen molar-refractivity contribution in [3.05, 3.63) is 59.7 Å². The maximum absolute atomic E-state index is 12.7. The van der Waals surface area contributed by atoms with Crippen LogP contribution in [0.3, 0.4) is 0 Å². The fourth-order valence-corrected chi connectivity index (χ4v) is 5.41. The lowest BCUT2D eigenvalue weighted by Gasteiger charge is -2.26. The highest BCUT2D eigenvalue weighted by molar-refractivity contribution is 5.96. The SMILES string of the molecule is O=C(CCCC(=O)c1ccccc1)NC1CC1(Cc1ccc2c(c1)OCCO2)CN1CCCC1. The number of carbonyl (C=O) groups is 2. The fourth-order valence-electron chi connectivity index (χ4n) is 5.41. The van der Waals surface area contributed by atoms with E-state index in [0.717, 1.165) is 44.0 Å². The minimum atomic E-state index is 0.0522. The van der Waals surface area contributed by atoms with E-state index >= 15 is 0 Å². The highest BCUT2D eigenvalue weighted by Gasteiger charge is 2.55. The molecule has 3 aliphatic rings. The molecule has 0 bridgehead atoms. The van der Waals surface area contributed by atoms with E-state index in [0.29, 0.717) is 38.0 Å². The first-order valence-electron chi connectivity index (χ1n) is 12.6. The lowest BCUT2D eigenvalue weighted by molar-refractivity contribution is -0.121. The minimum Gasteiger partial charge on any atom is -0.486 e. The number of amides is 1. The Balaban J connectivity index is 1.17. The van der Waals surface area contributed by atoms with Gasteiger partial charge in [-0.2, -0.15) is 0 Å². The molecule has 2 aromatic carbocycles. The molecule has 2 fully saturated rings. The van der Waals surface area contributed by atoms with Gasteiger partial charge in [-0.1, -0.05) is 36.4 Å². The summed E-state index contributed by atoms with van der Waals surface area (Å²) in [6, 6.07) is 15.7. The zero-order chi connectivity index (χ0) is 23.4. The quantitative estimate of drug-likeness (QED) is 0.540. The molecule has 180 valence electrons. The topological polar surface area (TPSA) is 67.9 Å². The Morgan fingerprint density at radius 2 is 1.74 bits per heavy atom. The number of benzene rings is 2. The number of hydrogen-bond donors (Lipinski definition) is 1. The number of ketones is 1. The first-order chi connectivity index (χ1) is 16.6. The highest BCUT2D eigenvalue weighted by atomic mass is 16.6. The first kappa shape index (κ1) is 22.9. The summed E-state index contributed by atoms with van der Waals surface area (Å²) in [5, 5.41) is 3.28. The predicted molar refractivity (Wildman–Crippen MR) is 130 cm³/mol. The number of fused-ring (bicyclic) bond motifs is 1. The third-order valence-corrected chi connectivity index (χ3v) is 7.33. The van der Waals surface area contributed by atoms with E-state index in [2.05, 4.69) is 22.3 Å². The van der Waals surface area contributed by atoms with Gasteiger partial charge in [0.2, 0.25) is 5.91 Å². The van der Waals surface area contributed by atoms with E-state index in [4.69, 9.17) is 9.47 Å². The molecule has 1 N–H and O–H groups in total. The van der Waals surface area contributed by atoms with Crippen LogP contribution in [-0.4, -0.2) is 55.5 Å². The molecule has 34 heavy (non-hydrogen) atoms. The van der Waals surface area contributed by atoms with Crippen LogP contribution in [0.25, 0.3) is 0 Å². The summed E-state index contributed by atoms with van der Waals surface area (Å²) in [5.41, 5.74) is 2.01. The molecule has 1 saturated carbocycles. The van der Waals surface area contributed by atoms with E-state index in [1.165, 1.54) is 18.4 Å². The average Bonchev–Trinajstić information content (AvgIpc) is 3.24. The number of likely N-dealkylation sites (tertiary alicyclic amines) is 1. The van der Waals surface area contributed by atoms with Gasteiger partial charge in [-0.25, -0.2) is 0 Å². The van der Waals surface area contributed by atoms with Crippen LogP contribution in [0.15, 0.2) is 48.5 Å². The Hall–Kier alpha value is -2.86. The van der Waals surface area contributed by atoms with Crippen molar-refractivity contribution >= 4 is 11.7 Å². The van der Waals surface area contributed by atoms with Gasteiger partial charge in [0.25, 0.3) is 0 Å².